The number of nitrogens with zero attached hydrogens (tertiary/aromatic N) is 6. The number of hydrogen-bond acceptors (Lipinski definition) is 8. The number of aliphatic hydroxyl groups is 1. The number of aromatic nitrogens is 5. The summed E-state index contributed by atoms with van der Waals surface area (Å²) in [5, 5.41) is 28.0. The molecule has 0 radical (unpaired) electrons. The van der Waals surface area contributed by atoms with Crippen LogP contribution in [0, 0.1) is 11.3 Å². The van der Waals surface area contributed by atoms with Crippen LogP contribution in [-0.2, 0) is 11.8 Å². The van der Waals surface area contributed by atoms with E-state index in [1.807, 2.05) is 11.5 Å². The second-order valence-corrected chi connectivity index (χ2v) is 7.94. The van der Waals surface area contributed by atoms with Crippen molar-refractivity contribution in [2.24, 2.45) is 7.05 Å². The van der Waals surface area contributed by atoms with E-state index >= 15 is 0 Å². The predicted molar refractivity (Wildman–Crippen MR) is 110 cm³/mol. The fourth-order valence-electron chi connectivity index (χ4n) is 3.68. The number of methoxy groups -OCH3 is 1. The zero-order valence-electron chi connectivity index (χ0n) is 17.5. The molecule has 3 aromatic heterocycles. The summed E-state index contributed by atoms with van der Waals surface area (Å²) in [7, 11) is 3.41. The summed E-state index contributed by atoms with van der Waals surface area (Å²) in [6.07, 6.45) is 4.61. The first-order valence-corrected chi connectivity index (χ1v) is 9.79. The normalized spacial score (nSPS) is 21.8. The Morgan fingerprint density at radius 1 is 1.50 bits per heavy atom. The molecule has 0 unspecified atom stereocenters. The molecule has 0 amide bonds. The Morgan fingerprint density at radius 2 is 2.30 bits per heavy atom. The van der Waals surface area contributed by atoms with Gasteiger partial charge < -0.3 is 24.5 Å². The minimum atomic E-state index is -0.851. The van der Waals surface area contributed by atoms with Crippen molar-refractivity contribution >= 4 is 22.7 Å². The highest BCUT2D eigenvalue weighted by atomic mass is 16.5. The van der Waals surface area contributed by atoms with Crippen LogP contribution in [0.25, 0.3) is 11.0 Å². The van der Waals surface area contributed by atoms with E-state index in [0.717, 1.165) is 11.8 Å². The lowest BCUT2D eigenvalue weighted by molar-refractivity contribution is -0.119. The molecule has 30 heavy (non-hydrogen) atoms. The standard InChI is InChI=1S/C20H25N7O3/c1-12(11-29-4)27-14(8-21)7-13-9-22-19(24-17(13)27)23-15-10-26(3)25-18(15)30-16-5-6-20(16,2)28/h7,9-10,12,16,28H,5-6,11H2,1-4H3,(H,22,23,24)/t12-,16+,20+/m0/s1. The first kappa shape index (κ1) is 20.1. The molecule has 1 fully saturated rings. The van der Waals surface area contributed by atoms with Gasteiger partial charge in [0.2, 0.25) is 5.95 Å². The molecule has 0 spiro atoms. The summed E-state index contributed by atoms with van der Waals surface area (Å²) in [6.45, 7) is 4.18. The quantitative estimate of drug-likeness (QED) is 0.607. The molecule has 1 aliphatic carbocycles. The van der Waals surface area contributed by atoms with E-state index < -0.39 is 5.60 Å². The van der Waals surface area contributed by atoms with Crippen molar-refractivity contribution in [1.29, 1.82) is 5.26 Å². The molecule has 0 bridgehead atoms. The van der Waals surface area contributed by atoms with Crippen LogP contribution in [0.15, 0.2) is 18.5 Å². The Kier molecular flexibility index (Phi) is 5.09. The third kappa shape index (κ3) is 3.58. The number of ether oxygens (including phenoxy) is 2. The van der Waals surface area contributed by atoms with Crippen LogP contribution in [0.1, 0.15) is 38.4 Å². The number of hydrogen-bond donors (Lipinski definition) is 2. The molecule has 4 rings (SSSR count). The van der Waals surface area contributed by atoms with Crippen molar-refractivity contribution in [3.63, 3.8) is 0 Å². The number of nitrogens with one attached hydrogen (secondary N) is 1. The second kappa shape index (κ2) is 7.59. The molecule has 158 valence electrons. The van der Waals surface area contributed by atoms with E-state index in [0.29, 0.717) is 41.9 Å². The Morgan fingerprint density at radius 3 is 2.93 bits per heavy atom. The number of nitriles is 1. The molecule has 10 nitrogen and oxygen atoms in total. The monoisotopic (exact) mass is 411 g/mol. The van der Waals surface area contributed by atoms with Crippen molar-refractivity contribution in [2.45, 2.75) is 44.4 Å². The Labute approximate surface area is 174 Å². The van der Waals surface area contributed by atoms with E-state index in [-0.39, 0.29) is 12.1 Å². The number of fused-ring (bicyclic) bond motifs is 1. The van der Waals surface area contributed by atoms with E-state index in [9.17, 15) is 10.4 Å². The van der Waals surface area contributed by atoms with Crippen LogP contribution < -0.4 is 10.1 Å². The van der Waals surface area contributed by atoms with Gasteiger partial charge in [-0.1, -0.05) is 0 Å². The third-order valence-corrected chi connectivity index (χ3v) is 5.44. The van der Waals surface area contributed by atoms with Crippen molar-refractivity contribution < 1.29 is 14.6 Å². The van der Waals surface area contributed by atoms with Crippen molar-refractivity contribution in [1.82, 2.24) is 24.3 Å². The fourth-order valence-corrected chi connectivity index (χ4v) is 3.68. The molecule has 0 saturated heterocycles. The molecule has 3 heterocycles. The van der Waals surface area contributed by atoms with Gasteiger partial charge in [0, 0.05) is 25.7 Å². The van der Waals surface area contributed by atoms with Gasteiger partial charge in [-0.25, -0.2) is 4.98 Å². The van der Waals surface area contributed by atoms with Crippen LogP contribution in [0.2, 0.25) is 0 Å². The predicted octanol–water partition coefficient (Wildman–Crippen LogP) is 2.28. The molecule has 2 N–H and O–H groups in total. The van der Waals surface area contributed by atoms with E-state index in [1.54, 1.807) is 44.2 Å². The van der Waals surface area contributed by atoms with Crippen molar-refractivity contribution in [2.75, 3.05) is 19.0 Å². The van der Waals surface area contributed by atoms with Gasteiger partial charge >= 0.3 is 0 Å². The average Bonchev–Trinajstić information content (AvgIpc) is 3.24. The van der Waals surface area contributed by atoms with Crippen LogP contribution in [0.5, 0.6) is 5.88 Å². The molecule has 3 aromatic rings. The zero-order valence-corrected chi connectivity index (χ0v) is 17.5. The molecule has 0 aliphatic heterocycles. The highest BCUT2D eigenvalue weighted by Gasteiger charge is 2.43. The zero-order chi connectivity index (χ0) is 21.5. The lowest BCUT2D eigenvalue weighted by Crippen LogP contribution is -2.52. The molecule has 1 aliphatic rings. The maximum absolute atomic E-state index is 10.2. The minimum absolute atomic E-state index is 0.0666. The van der Waals surface area contributed by atoms with Crippen LogP contribution >= 0.6 is 0 Å². The highest BCUT2D eigenvalue weighted by Crippen LogP contribution is 2.37. The van der Waals surface area contributed by atoms with Gasteiger partial charge in [0.15, 0.2) is 0 Å². The smallest absolute Gasteiger partial charge is 0.257 e. The van der Waals surface area contributed by atoms with Gasteiger partial charge in [-0.2, -0.15) is 10.2 Å². The highest BCUT2D eigenvalue weighted by molar-refractivity contribution is 5.79. The first-order valence-electron chi connectivity index (χ1n) is 9.79. The van der Waals surface area contributed by atoms with Crippen LogP contribution in [-0.4, -0.2) is 54.8 Å². The SMILES string of the molecule is COC[C@H](C)n1c(C#N)cc2cnc(Nc3cn(C)nc3O[C@@H]3CC[C@@]3(C)O)nc21. The summed E-state index contributed by atoms with van der Waals surface area (Å²) >= 11 is 0. The van der Waals surface area contributed by atoms with Crippen LogP contribution in [0.3, 0.4) is 0 Å². The summed E-state index contributed by atoms with van der Waals surface area (Å²) in [5.41, 5.74) is 0.888. The van der Waals surface area contributed by atoms with E-state index in [2.05, 4.69) is 26.5 Å². The van der Waals surface area contributed by atoms with Gasteiger partial charge in [0.05, 0.1) is 24.4 Å². The maximum Gasteiger partial charge on any atom is 0.257 e. The molecular weight excluding hydrogens is 386 g/mol. The third-order valence-electron chi connectivity index (χ3n) is 5.44. The van der Waals surface area contributed by atoms with E-state index in [4.69, 9.17) is 9.47 Å². The Hall–Kier alpha value is -3.16. The van der Waals surface area contributed by atoms with E-state index in [1.165, 1.54) is 0 Å². The maximum atomic E-state index is 10.2. The van der Waals surface area contributed by atoms with Crippen LogP contribution in [0.4, 0.5) is 11.6 Å². The lowest BCUT2D eigenvalue weighted by Gasteiger charge is -2.41. The molecular formula is C20H25N7O3. The van der Waals surface area contributed by atoms with Gasteiger partial charge in [0.25, 0.3) is 5.88 Å². The molecule has 0 aromatic carbocycles. The number of rotatable bonds is 7. The summed E-state index contributed by atoms with van der Waals surface area (Å²) in [5.74, 6) is 0.737. The molecule has 1 saturated carbocycles. The van der Waals surface area contributed by atoms with Crippen molar-refractivity contribution in [3.05, 3.63) is 24.2 Å². The second-order valence-electron chi connectivity index (χ2n) is 7.94. The van der Waals surface area contributed by atoms with Crippen molar-refractivity contribution in [3.8, 4) is 11.9 Å². The Balaban J connectivity index is 1.65. The fraction of sp³-hybridized carbons (Fsp3) is 0.500. The topological polar surface area (TPSA) is 123 Å². The molecule has 10 heteroatoms. The average molecular weight is 411 g/mol. The van der Waals surface area contributed by atoms with Gasteiger partial charge in [0.1, 0.15) is 29.2 Å². The summed E-state index contributed by atoms with van der Waals surface area (Å²) < 4.78 is 14.7. The van der Waals surface area contributed by atoms with Gasteiger partial charge in [-0.05, 0) is 32.8 Å². The summed E-state index contributed by atoms with van der Waals surface area (Å²) in [4.78, 5) is 9.00. The summed E-state index contributed by atoms with van der Waals surface area (Å²) in [6, 6.07) is 3.91. The minimum Gasteiger partial charge on any atom is -0.469 e. The first-order chi connectivity index (χ1) is 14.3. The lowest BCUT2D eigenvalue weighted by atomic mass is 9.79. The van der Waals surface area contributed by atoms with Gasteiger partial charge in [-0.15, -0.1) is 5.10 Å². The molecule has 3 atom stereocenters. The largest absolute Gasteiger partial charge is 0.469 e. The number of anilines is 2. The Bertz CT molecular complexity index is 1110. The van der Waals surface area contributed by atoms with Gasteiger partial charge in [-0.3, -0.25) is 4.68 Å². The number of aryl methyl sites for hydroxylation is 1.